The highest BCUT2D eigenvalue weighted by atomic mass is 16.5. The van der Waals surface area contributed by atoms with Crippen LogP contribution in [-0.2, 0) is 16.0 Å². The standard InChI is InChI=1S/C27H24O2/c1-2-8-26(24-16-15-20-9-3-4-11-23(20)19-24)27(28)29-18-17-22-13-7-12-21-10-5-6-14-25(21)22/h2-7,9-16,19,26H,1,8,17-18H2/t26-/m1/s1. The Morgan fingerprint density at radius 3 is 2.41 bits per heavy atom. The minimum absolute atomic E-state index is 0.194. The van der Waals surface area contributed by atoms with Crippen LogP contribution in [0.15, 0.2) is 97.6 Å². The second-order valence-corrected chi connectivity index (χ2v) is 7.24. The molecule has 0 unspecified atom stereocenters. The van der Waals surface area contributed by atoms with Crippen LogP contribution >= 0.6 is 0 Å². The Morgan fingerprint density at radius 1 is 0.862 bits per heavy atom. The molecule has 0 amide bonds. The highest BCUT2D eigenvalue weighted by molar-refractivity contribution is 5.87. The van der Waals surface area contributed by atoms with Gasteiger partial charge in [0, 0.05) is 6.42 Å². The number of hydrogen-bond acceptors (Lipinski definition) is 2. The molecule has 4 aromatic rings. The number of fused-ring (bicyclic) bond motifs is 2. The number of hydrogen-bond donors (Lipinski definition) is 0. The predicted octanol–water partition coefficient (Wildman–Crippen LogP) is 6.44. The monoisotopic (exact) mass is 380 g/mol. The minimum atomic E-state index is -0.329. The van der Waals surface area contributed by atoms with E-state index in [0.29, 0.717) is 19.4 Å². The molecule has 144 valence electrons. The molecule has 4 rings (SSSR count). The van der Waals surface area contributed by atoms with Gasteiger partial charge in [-0.25, -0.2) is 0 Å². The smallest absolute Gasteiger partial charge is 0.313 e. The molecule has 0 heterocycles. The van der Waals surface area contributed by atoms with Gasteiger partial charge in [-0.2, -0.15) is 0 Å². The fourth-order valence-corrected chi connectivity index (χ4v) is 3.83. The molecular formula is C27H24O2. The van der Waals surface area contributed by atoms with E-state index >= 15 is 0 Å². The maximum atomic E-state index is 12.9. The summed E-state index contributed by atoms with van der Waals surface area (Å²) in [6, 6.07) is 28.9. The van der Waals surface area contributed by atoms with Gasteiger partial charge in [0.2, 0.25) is 0 Å². The van der Waals surface area contributed by atoms with Crippen LogP contribution in [0.2, 0.25) is 0 Å². The molecule has 0 aliphatic rings. The molecule has 2 nitrogen and oxygen atoms in total. The lowest BCUT2D eigenvalue weighted by Gasteiger charge is -2.16. The first-order valence-electron chi connectivity index (χ1n) is 9.99. The van der Waals surface area contributed by atoms with Crippen LogP contribution in [0.25, 0.3) is 21.5 Å². The molecule has 0 saturated carbocycles. The van der Waals surface area contributed by atoms with Gasteiger partial charge in [0.1, 0.15) is 0 Å². The van der Waals surface area contributed by atoms with Crippen molar-refractivity contribution in [3.05, 3.63) is 109 Å². The third kappa shape index (κ3) is 4.22. The zero-order chi connectivity index (χ0) is 20.1. The Hall–Kier alpha value is -3.39. The summed E-state index contributed by atoms with van der Waals surface area (Å²) in [5, 5.41) is 4.71. The van der Waals surface area contributed by atoms with Crippen LogP contribution in [0.5, 0.6) is 0 Å². The summed E-state index contributed by atoms with van der Waals surface area (Å²) < 4.78 is 5.69. The van der Waals surface area contributed by atoms with E-state index in [1.807, 2.05) is 30.3 Å². The van der Waals surface area contributed by atoms with Crippen molar-refractivity contribution in [2.75, 3.05) is 6.61 Å². The van der Waals surface area contributed by atoms with Crippen LogP contribution in [0.4, 0.5) is 0 Å². The van der Waals surface area contributed by atoms with Gasteiger partial charge >= 0.3 is 5.97 Å². The van der Waals surface area contributed by atoms with Gasteiger partial charge in [-0.1, -0.05) is 91.0 Å². The molecule has 0 fully saturated rings. The Kier molecular flexibility index (Phi) is 5.71. The third-order valence-corrected chi connectivity index (χ3v) is 5.36. The lowest BCUT2D eigenvalue weighted by Crippen LogP contribution is -2.17. The van der Waals surface area contributed by atoms with Gasteiger partial charge < -0.3 is 4.74 Å². The lowest BCUT2D eigenvalue weighted by molar-refractivity contribution is -0.145. The number of ether oxygens (including phenoxy) is 1. The predicted molar refractivity (Wildman–Crippen MR) is 120 cm³/mol. The largest absolute Gasteiger partial charge is 0.465 e. The van der Waals surface area contributed by atoms with Crippen LogP contribution < -0.4 is 0 Å². The number of carbonyl (C=O) groups excluding carboxylic acids is 1. The number of allylic oxidation sites excluding steroid dienone is 1. The number of rotatable bonds is 7. The van der Waals surface area contributed by atoms with Crippen LogP contribution in [-0.4, -0.2) is 12.6 Å². The topological polar surface area (TPSA) is 26.3 Å². The van der Waals surface area contributed by atoms with Gasteiger partial charge in [-0.15, -0.1) is 6.58 Å². The van der Waals surface area contributed by atoms with Gasteiger partial charge in [-0.05, 0) is 39.1 Å². The Labute approximate surface area is 171 Å². The average molecular weight is 380 g/mol. The van der Waals surface area contributed by atoms with Gasteiger partial charge in [0.15, 0.2) is 0 Å². The zero-order valence-corrected chi connectivity index (χ0v) is 16.4. The van der Waals surface area contributed by atoms with E-state index in [9.17, 15) is 4.79 Å². The summed E-state index contributed by atoms with van der Waals surface area (Å²) in [5.74, 6) is -0.523. The van der Waals surface area contributed by atoms with Crippen LogP contribution in [0, 0.1) is 0 Å². The van der Waals surface area contributed by atoms with Crippen molar-refractivity contribution in [3.63, 3.8) is 0 Å². The summed E-state index contributed by atoms with van der Waals surface area (Å²) in [6.45, 7) is 4.19. The van der Waals surface area contributed by atoms with Crippen molar-refractivity contribution < 1.29 is 9.53 Å². The Balaban J connectivity index is 1.48. The van der Waals surface area contributed by atoms with E-state index in [0.717, 1.165) is 16.3 Å². The SMILES string of the molecule is C=CC[C@@H](C(=O)OCCc1cccc2ccccc12)c1ccc2ccccc2c1. The molecule has 0 aliphatic carbocycles. The molecule has 1 atom stereocenters. The van der Waals surface area contributed by atoms with E-state index in [1.165, 1.54) is 16.3 Å². The van der Waals surface area contributed by atoms with Gasteiger partial charge in [0.25, 0.3) is 0 Å². The second-order valence-electron chi connectivity index (χ2n) is 7.24. The average Bonchev–Trinajstić information content (AvgIpc) is 2.77. The number of esters is 1. The maximum absolute atomic E-state index is 12.9. The first-order chi connectivity index (χ1) is 14.3. The van der Waals surface area contributed by atoms with Crippen molar-refractivity contribution in [2.45, 2.75) is 18.8 Å². The molecule has 0 saturated heterocycles. The highest BCUT2D eigenvalue weighted by Gasteiger charge is 2.21. The van der Waals surface area contributed by atoms with Crippen molar-refractivity contribution in [3.8, 4) is 0 Å². The lowest BCUT2D eigenvalue weighted by atomic mass is 9.93. The molecule has 0 bridgehead atoms. The van der Waals surface area contributed by atoms with Crippen molar-refractivity contribution in [1.82, 2.24) is 0 Å². The van der Waals surface area contributed by atoms with E-state index in [2.05, 4.69) is 61.2 Å². The van der Waals surface area contributed by atoms with Gasteiger partial charge in [-0.3, -0.25) is 4.79 Å². The summed E-state index contributed by atoms with van der Waals surface area (Å²) in [4.78, 5) is 12.9. The molecule has 29 heavy (non-hydrogen) atoms. The molecule has 2 heteroatoms. The first kappa shape index (κ1) is 18.9. The molecule has 0 aliphatic heterocycles. The number of benzene rings is 4. The fraction of sp³-hybridized carbons (Fsp3) is 0.148. The summed E-state index contributed by atoms with van der Waals surface area (Å²) in [6.07, 6.45) is 3.04. The molecule has 0 aromatic heterocycles. The molecule has 0 radical (unpaired) electrons. The molecule has 0 spiro atoms. The van der Waals surface area contributed by atoms with Gasteiger partial charge in [0.05, 0.1) is 12.5 Å². The summed E-state index contributed by atoms with van der Waals surface area (Å²) in [7, 11) is 0. The van der Waals surface area contributed by atoms with E-state index in [4.69, 9.17) is 4.74 Å². The Bertz CT molecular complexity index is 1150. The normalized spacial score (nSPS) is 12.0. The molecule has 4 aromatic carbocycles. The quantitative estimate of drug-likeness (QED) is 0.272. The van der Waals surface area contributed by atoms with E-state index in [-0.39, 0.29) is 11.9 Å². The summed E-state index contributed by atoms with van der Waals surface area (Å²) >= 11 is 0. The van der Waals surface area contributed by atoms with Crippen molar-refractivity contribution in [2.24, 2.45) is 0 Å². The second kappa shape index (κ2) is 8.74. The van der Waals surface area contributed by atoms with Crippen LogP contribution in [0.1, 0.15) is 23.5 Å². The molecule has 0 N–H and O–H groups in total. The van der Waals surface area contributed by atoms with E-state index in [1.54, 1.807) is 6.08 Å². The minimum Gasteiger partial charge on any atom is -0.465 e. The van der Waals surface area contributed by atoms with Crippen molar-refractivity contribution >= 4 is 27.5 Å². The zero-order valence-electron chi connectivity index (χ0n) is 16.4. The third-order valence-electron chi connectivity index (χ3n) is 5.36. The highest BCUT2D eigenvalue weighted by Crippen LogP contribution is 2.26. The van der Waals surface area contributed by atoms with E-state index < -0.39 is 0 Å². The summed E-state index contributed by atoms with van der Waals surface area (Å²) in [5.41, 5.74) is 2.17. The Morgan fingerprint density at radius 2 is 1.59 bits per heavy atom. The maximum Gasteiger partial charge on any atom is 0.313 e. The first-order valence-corrected chi connectivity index (χ1v) is 9.99. The van der Waals surface area contributed by atoms with Crippen LogP contribution in [0.3, 0.4) is 0 Å². The molecular weight excluding hydrogens is 356 g/mol. The van der Waals surface area contributed by atoms with Crippen molar-refractivity contribution in [1.29, 1.82) is 0 Å². The fourth-order valence-electron chi connectivity index (χ4n) is 3.83. The number of carbonyl (C=O) groups is 1.